The van der Waals surface area contributed by atoms with Gasteiger partial charge in [0.2, 0.25) is 5.95 Å². The van der Waals surface area contributed by atoms with Gasteiger partial charge in [-0.05, 0) is 50.5 Å². The average Bonchev–Trinajstić information content (AvgIpc) is 2.94. The van der Waals surface area contributed by atoms with Crippen molar-refractivity contribution in [1.29, 1.82) is 0 Å². The Balaban J connectivity index is 1.34. The average molecular weight is 498 g/mol. The molecule has 2 saturated heterocycles. The van der Waals surface area contributed by atoms with Gasteiger partial charge in [0.15, 0.2) is 11.5 Å². The Morgan fingerprint density at radius 3 is 2.19 bits per heavy atom. The molecule has 1 aliphatic carbocycles. The van der Waals surface area contributed by atoms with Crippen LogP contribution in [0, 0.1) is 5.92 Å². The molecule has 2 aliphatic heterocycles. The SMILES string of the molecule is COc1cc2nc(N3CCC(OC)CC3)nc(NC3CCN(CC4CCCCC4)CC3)c2cc1OC. The molecule has 5 rings (SSSR count). The number of methoxy groups -OCH3 is 3. The number of nitrogens with one attached hydrogen (secondary N) is 1. The maximum atomic E-state index is 5.61. The van der Waals surface area contributed by atoms with Crippen molar-refractivity contribution in [3.8, 4) is 11.5 Å². The molecular formula is C28H43N5O3. The van der Waals surface area contributed by atoms with Gasteiger partial charge < -0.3 is 29.3 Å². The van der Waals surface area contributed by atoms with Crippen molar-refractivity contribution >= 4 is 22.7 Å². The lowest BCUT2D eigenvalue weighted by atomic mass is 9.88. The molecule has 36 heavy (non-hydrogen) atoms. The standard InChI is InChI=1S/C28H43N5O3/c1-34-22-11-15-33(16-12-22)28-30-24-18-26(36-3)25(35-2)17-23(24)27(31-28)29-21-9-13-32(14-10-21)19-20-7-5-4-6-8-20/h17-18,20-22H,4-16,19H2,1-3H3,(H,29,30,31). The molecule has 0 atom stereocenters. The number of nitrogens with zero attached hydrogens (tertiary/aromatic N) is 4. The zero-order valence-corrected chi connectivity index (χ0v) is 22.3. The van der Waals surface area contributed by atoms with E-state index in [1.54, 1.807) is 21.3 Å². The molecule has 3 heterocycles. The van der Waals surface area contributed by atoms with Crippen LogP contribution >= 0.6 is 0 Å². The maximum Gasteiger partial charge on any atom is 0.227 e. The topological polar surface area (TPSA) is 72.0 Å². The summed E-state index contributed by atoms with van der Waals surface area (Å²) < 4.78 is 16.8. The molecule has 1 saturated carbocycles. The van der Waals surface area contributed by atoms with E-state index in [0.717, 1.165) is 80.4 Å². The highest BCUT2D eigenvalue weighted by Gasteiger charge is 2.26. The van der Waals surface area contributed by atoms with Crippen LogP contribution in [-0.4, -0.2) is 81.1 Å². The van der Waals surface area contributed by atoms with Crippen LogP contribution in [0.2, 0.25) is 0 Å². The minimum Gasteiger partial charge on any atom is -0.493 e. The molecule has 0 bridgehead atoms. The zero-order valence-electron chi connectivity index (χ0n) is 22.3. The van der Waals surface area contributed by atoms with E-state index in [4.69, 9.17) is 24.2 Å². The van der Waals surface area contributed by atoms with Gasteiger partial charge in [-0.25, -0.2) is 4.98 Å². The van der Waals surface area contributed by atoms with Crippen molar-refractivity contribution in [3.63, 3.8) is 0 Å². The van der Waals surface area contributed by atoms with Gasteiger partial charge in [-0.1, -0.05) is 19.3 Å². The van der Waals surface area contributed by atoms with Crippen molar-refractivity contribution in [2.75, 3.05) is 64.3 Å². The molecule has 8 nitrogen and oxygen atoms in total. The number of hydrogen-bond acceptors (Lipinski definition) is 8. The van der Waals surface area contributed by atoms with Gasteiger partial charge in [0.05, 0.1) is 25.8 Å². The molecule has 0 radical (unpaired) electrons. The van der Waals surface area contributed by atoms with Crippen molar-refractivity contribution in [2.24, 2.45) is 5.92 Å². The van der Waals surface area contributed by atoms with E-state index in [-0.39, 0.29) is 0 Å². The van der Waals surface area contributed by atoms with Gasteiger partial charge in [-0.3, -0.25) is 0 Å². The predicted octanol–water partition coefficient (Wildman–Crippen LogP) is 4.72. The number of aromatic nitrogens is 2. The quantitative estimate of drug-likeness (QED) is 0.562. The second-order valence-electron chi connectivity index (χ2n) is 10.7. The van der Waals surface area contributed by atoms with Gasteiger partial charge in [0.25, 0.3) is 0 Å². The predicted molar refractivity (Wildman–Crippen MR) is 145 cm³/mol. The molecule has 1 N–H and O–H groups in total. The second-order valence-corrected chi connectivity index (χ2v) is 10.7. The summed E-state index contributed by atoms with van der Waals surface area (Å²) in [4.78, 5) is 15.0. The Kier molecular flexibility index (Phi) is 8.32. The van der Waals surface area contributed by atoms with Crippen LogP contribution in [0.1, 0.15) is 57.8 Å². The molecule has 0 spiro atoms. The van der Waals surface area contributed by atoms with Crippen molar-refractivity contribution in [1.82, 2.24) is 14.9 Å². The van der Waals surface area contributed by atoms with Gasteiger partial charge in [0, 0.05) is 57.3 Å². The number of ether oxygens (including phenoxy) is 3. The van der Waals surface area contributed by atoms with Crippen molar-refractivity contribution < 1.29 is 14.2 Å². The fourth-order valence-electron chi connectivity index (χ4n) is 6.17. The van der Waals surface area contributed by atoms with Gasteiger partial charge >= 0.3 is 0 Å². The first-order valence-electron chi connectivity index (χ1n) is 13.9. The number of piperidine rings is 2. The fraction of sp³-hybridized carbons (Fsp3) is 0.714. The third-order valence-electron chi connectivity index (χ3n) is 8.42. The molecule has 1 aromatic heterocycles. The number of fused-ring (bicyclic) bond motifs is 1. The number of anilines is 2. The van der Waals surface area contributed by atoms with Crippen LogP contribution < -0.4 is 19.7 Å². The largest absolute Gasteiger partial charge is 0.493 e. The Bertz CT molecular complexity index is 996. The minimum atomic E-state index is 0.322. The van der Waals surface area contributed by atoms with E-state index in [1.807, 2.05) is 12.1 Å². The van der Waals surface area contributed by atoms with E-state index in [2.05, 4.69) is 15.1 Å². The summed E-state index contributed by atoms with van der Waals surface area (Å²) in [5.74, 6) is 3.97. The number of benzene rings is 1. The summed E-state index contributed by atoms with van der Waals surface area (Å²) in [5.41, 5.74) is 0.878. The van der Waals surface area contributed by atoms with E-state index in [0.29, 0.717) is 23.6 Å². The Morgan fingerprint density at radius 1 is 0.833 bits per heavy atom. The summed E-state index contributed by atoms with van der Waals surface area (Å²) in [6, 6.07) is 4.39. The summed E-state index contributed by atoms with van der Waals surface area (Å²) in [7, 11) is 5.14. The van der Waals surface area contributed by atoms with E-state index in [1.165, 1.54) is 38.6 Å². The van der Waals surface area contributed by atoms with Gasteiger partial charge in [-0.2, -0.15) is 4.98 Å². The number of rotatable bonds is 8. The maximum absolute atomic E-state index is 5.61. The lowest BCUT2D eigenvalue weighted by molar-refractivity contribution is 0.0817. The molecule has 198 valence electrons. The van der Waals surface area contributed by atoms with Crippen LogP contribution in [-0.2, 0) is 4.74 Å². The molecular weight excluding hydrogens is 454 g/mol. The number of likely N-dealkylation sites (tertiary alicyclic amines) is 1. The Morgan fingerprint density at radius 2 is 1.53 bits per heavy atom. The highest BCUT2D eigenvalue weighted by atomic mass is 16.5. The lowest BCUT2D eigenvalue weighted by Gasteiger charge is -2.36. The van der Waals surface area contributed by atoms with Crippen molar-refractivity contribution in [2.45, 2.75) is 69.9 Å². The molecule has 0 amide bonds. The monoisotopic (exact) mass is 497 g/mol. The zero-order chi connectivity index (χ0) is 24.9. The molecule has 0 unspecified atom stereocenters. The molecule has 3 aliphatic rings. The molecule has 1 aromatic carbocycles. The third kappa shape index (κ3) is 5.80. The summed E-state index contributed by atoms with van der Waals surface area (Å²) in [6.07, 6.45) is 11.7. The van der Waals surface area contributed by atoms with Crippen LogP contribution in [0.4, 0.5) is 11.8 Å². The normalized spacial score (nSPS) is 21.1. The number of hydrogen-bond donors (Lipinski definition) is 1. The smallest absolute Gasteiger partial charge is 0.227 e. The van der Waals surface area contributed by atoms with E-state index >= 15 is 0 Å². The van der Waals surface area contributed by atoms with Crippen molar-refractivity contribution in [3.05, 3.63) is 12.1 Å². The molecule has 2 aromatic rings. The van der Waals surface area contributed by atoms with Gasteiger partial charge in [-0.15, -0.1) is 0 Å². The van der Waals surface area contributed by atoms with Crippen LogP contribution in [0.5, 0.6) is 11.5 Å². The minimum absolute atomic E-state index is 0.322. The fourth-order valence-corrected chi connectivity index (χ4v) is 6.17. The first kappa shape index (κ1) is 25.3. The van der Waals surface area contributed by atoms with Crippen LogP contribution in [0.25, 0.3) is 10.9 Å². The van der Waals surface area contributed by atoms with E-state index in [9.17, 15) is 0 Å². The summed E-state index contributed by atoms with van der Waals surface area (Å²) in [6.45, 7) is 5.39. The van der Waals surface area contributed by atoms with Crippen LogP contribution in [0.3, 0.4) is 0 Å². The molecule has 3 fully saturated rings. The molecule has 8 heteroatoms. The Hall–Kier alpha value is -2.32. The first-order chi connectivity index (χ1) is 17.7. The first-order valence-corrected chi connectivity index (χ1v) is 13.9. The highest BCUT2D eigenvalue weighted by Crippen LogP contribution is 2.36. The van der Waals surface area contributed by atoms with Gasteiger partial charge in [0.1, 0.15) is 5.82 Å². The second kappa shape index (κ2) is 11.8. The third-order valence-corrected chi connectivity index (χ3v) is 8.42. The summed E-state index contributed by atoms with van der Waals surface area (Å²) in [5, 5.41) is 4.79. The highest BCUT2D eigenvalue weighted by molar-refractivity contribution is 5.93. The lowest BCUT2D eigenvalue weighted by Crippen LogP contribution is -2.41. The Labute approximate surface area is 215 Å². The van der Waals surface area contributed by atoms with Crippen LogP contribution in [0.15, 0.2) is 12.1 Å². The van der Waals surface area contributed by atoms with E-state index < -0.39 is 0 Å². The summed E-state index contributed by atoms with van der Waals surface area (Å²) >= 11 is 0.